The van der Waals surface area contributed by atoms with Gasteiger partial charge in [-0.05, 0) is 42.4 Å². The molecule has 0 atom stereocenters. The second-order valence-corrected chi connectivity index (χ2v) is 12.0. The molecule has 2 fully saturated rings. The van der Waals surface area contributed by atoms with Crippen molar-refractivity contribution in [1.82, 2.24) is 24.7 Å². The fraction of sp³-hybridized carbons (Fsp3) is 0.300. The Hall–Kier alpha value is -4.55. The Bertz CT molecular complexity index is 1900. The maximum atomic E-state index is 13.4. The summed E-state index contributed by atoms with van der Waals surface area (Å²) in [6.07, 6.45) is 3.94. The van der Waals surface area contributed by atoms with Gasteiger partial charge in [-0.3, -0.25) is 19.4 Å². The number of carbonyl (C=O) groups excluding carboxylic acids is 2. The number of rotatable bonds is 4. The van der Waals surface area contributed by atoms with Crippen molar-refractivity contribution >= 4 is 55.4 Å². The number of carbonyl (C=O) groups is 2. The number of hydrogen-bond donors (Lipinski definition) is 2. The Morgan fingerprint density at radius 3 is 2.55 bits per heavy atom. The van der Waals surface area contributed by atoms with E-state index in [0.717, 1.165) is 48.1 Å². The smallest absolute Gasteiger partial charge is 0.410 e. The van der Waals surface area contributed by atoms with Gasteiger partial charge in [0.2, 0.25) is 11.4 Å². The van der Waals surface area contributed by atoms with Gasteiger partial charge in [-0.1, -0.05) is 42.5 Å². The lowest BCUT2D eigenvalue weighted by atomic mass is 9.78. The highest BCUT2D eigenvalue weighted by atomic mass is 32.1. The zero-order valence-electron chi connectivity index (χ0n) is 22.8. The number of ether oxygens (including phenoxy) is 1. The number of nitrogens with zero attached hydrogens (tertiary/aromatic N) is 5. The molecule has 3 aromatic heterocycles. The van der Waals surface area contributed by atoms with Crippen LogP contribution >= 0.6 is 11.3 Å². The molecular formula is C30H29N7O4S. The standard InChI is InChI=1S/C30H29N7O4S/c31-34-26(39)23-24(38)20-16-32-28(33-25(20)37-21-8-4-5-9-22(21)42-27(23)37)36-15-12-30(18-36)10-13-35(14-11-30)29(40)41-17-19-6-2-1-3-7-19/h1-9,16H,10-15,17-18,31H2,(H,34,39). The van der Waals surface area contributed by atoms with Crippen LogP contribution in [0.15, 0.2) is 65.6 Å². The average Bonchev–Trinajstić information content (AvgIpc) is 3.62. The zero-order valence-corrected chi connectivity index (χ0v) is 23.6. The van der Waals surface area contributed by atoms with Crippen LogP contribution in [0.1, 0.15) is 35.2 Å². The Kier molecular flexibility index (Phi) is 6.51. The summed E-state index contributed by atoms with van der Waals surface area (Å²) in [5.74, 6) is 5.33. The maximum Gasteiger partial charge on any atom is 0.410 e. The Morgan fingerprint density at radius 1 is 1.02 bits per heavy atom. The van der Waals surface area contributed by atoms with Gasteiger partial charge < -0.3 is 14.5 Å². The van der Waals surface area contributed by atoms with Gasteiger partial charge in [0.05, 0.1) is 15.6 Å². The Labute approximate surface area is 244 Å². The highest BCUT2D eigenvalue weighted by Gasteiger charge is 2.42. The highest BCUT2D eigenvalue weighted by Crippen LogP contribution is 2.41. The molecule has 0 radical (unpaired) electrons. The van der Waals surface area contributed by atoms with E-state index in [1.807, 2.05) is 59.0 Å². The van der Waals surface area contributed by atoms with Crippen LogP contribution in [0.5, 0.6) is 0 Å². The number of anilines is 1. The maximum absolute atomic E-state index is 13.4. The minimum Gasteiger partial charge on any atom is -0.445 e. The van der Waals surface area contributed by atoms with Crippen LogP contribution < -0.4 is 21.6 Å². The molecule has 11 nitrogen and oxygen atoms in total. The SMILES string of the molecule is NNC(=O)c1c(=O)c2cnc(N3CCC4(CCN(C(=O)OCc5ccccc5)CC4)C3)nc2n2c1sc1ccccc12. The van der Waals surface area contributed by atoms with E-state index in [4.69, 9.17) is 15.6 Å². The first kappa shape index (κ1) is 26.4. The summed E-state index contributed by atoms with van der Waals surface area (Å²) >= 11 is 1.35. The van der Waals surface area contributed by atoms with Crippen LogP contribution in [0.2, 0.25) is 0 Å². The van der Waals surface area contributed by atoms with Gasteiger partial charge in [0.25, 0.3) is 5.91 Å². The van der Waals surface area contributed by atoms with Gasteiger partial charge >= 0.3 is 6.09 Å². The summed E-state index contributed by atoms with van der Waals surface area (Å²) in [4.78, 5) is 52.7. The lowest BCUT2D eigenvalue weighted by Gasteiger charge is -2.38. The number of hydrazine groups is 1. The third-order valence-electron chi connectivity index (χ3n) is 8.54. The second kappa shape index (κ2) is 10.4. The van der Waals surface area contributed by atoms with Crippen molar-refractivity contribution in [2.45, 2.75) is 25.9 Å². The Balaban J connectivity index is 1.14. The van der Waals surface area contributed by atoms with E-state index in [0.29, 0.717) is 29.5 Å². The van der Waals surface area contributed by atoms with E-state index in [9.17, 15) is 14.4 Å². The molecule has 12 heteroatoms. The number of aromatic nitrogens is 3. The van der Waals surface area contributed by atoms with Crippen molar-refractivity contribution in [3.05, 3.63) is 82.1 Å². The summed E-state index contributed by atoms with van der Waals surface area (Å²) < 4.78 is 8.33. The fourth-order valence-corrected chi connectivity index (χ4v) is 7.38. The molecule has 0 saturated carbocycles. The molecule has 0 bridgehead atoms. The van der Waals surface area contributed by atoms with Crippen LogP contribution in [0.4, 0.5) is 10.7 Å². The zero-order chi connectivity index (χ0) is 28.8. The molecule has 5 heterocycles. The van der Waals surface area contributed by atoms with E-state index in [2.05, 4.69) is 15.3 Å². The van der Waals surface area contributed by atoms with Gasteiger partial charge in [0.15, 0.2) is 5.65 Å². The molecule has 2 saturated heterocycles. The molecule has 3 N–H and O–H groups in total. The molecule has 1 spiro atoms. The largest absolute Gasteiger partial charge is 0.445 e. The van der Waals surface area contributed by atoms with Crippen molar-refractivity contribution < 1.29 is 14.3 Å². The third-order valence-corrected chi connectivity index (χ3v) is 9.68. The lowest BCUT2D eigenvalue weighted by molar-refractivity contribution is 0.0668. The molecule has 2 amide bonds. The summed E-state index contributed by atoms with van der Waals surface area (Å²) in [5.41, 5.74) is 3.98. The molecule has 2 aromatic carbocycles. The molecule has 2 aliphatic heterocycles. The second-order valence-electron chi connectivity index (χ2n) is 11.0. The summed E-state index contributed by atoms with van der Waals surface area (Å²) in [6, 6.07) is 17.4. The van der Waals surface area contributed by atoms with Crippen molar-refractivity contribution in [2.24, 2.45) is 11.3 Å². The van der Waals surface area contributed by atoms with Crippen molar-refractivity contribution in [3.8, 4) is 0 Å². The topological polar surface area (TPSA) is 135 Å². The summed E-state index contributed by atoms with van der Waals surface area (Å²) in [7, 11) is 0. The van der Waals surface area contributed by atoms with Gasteiger partial charge in [0.1, 0.15) is 17.0 Å². The van der Waals surface area contributed by atoms with Crippen molar-refractivity contribution in [2.75, 3.05) is 31.1 Å². The van der Waals surface area contributed by atoms with Gasteiger partial charge in [-0.2, -0.15) is 4.98 Å². The van der Waals surface area contributed by atoms with E-state index >= 15 is 0 Å². The molecule has 5 aromatic rings. The molecule has 0 unspecified atom stereocenters. The number of likely N-dealkylation sites (tertiary alicyclic amines) is 1. The number of benzene rings is 2. The number of para-hydroxylation sites is 1. The predicted octanol–water partition coefficient (Wildman–Crippen LogP) is 3.69. The van der Waals surface area contributed by atoms with E-state index < -0.39 is 11.3 Å². The number of nitrogens with one attached hydrogen (secondary N) is 1. The van der Waals surface area contributed by atoms with E-state index in [-0.39, 0.29) is 29.1 Å². The first-order valence-corrected chi connectivity index (χ1v) is 14.7. The molecule has 0 aliphatic carbocycles. The van der Waals surface area contributed by atoms with Gasteiger partial charge in [0, 0.05) is 32.4 Å². The number of hydrogen-bond acceptors (Lipinski definition) is 9. The highest BCUT2D eigenvalue weighted by molar-refractivity contribution is 7.24. The monoisotopic (exact) mass is 583 g/mol. The number of fused-ring (bicyclic) bond motifs is 5. The average molecular weight is 584 g/mol. The third kappa shape index (κ3) is 4.43. The number of amides is 2. The van der Waals surface area contributed by atoms with Crippen molar-refractivity contribution in [1.29, 1.82) is 0 Å². The molecule has 7 rings (SSSR count). The fourth-order valence-electron chi connectivity index (χ4n) is 6.20. The molecule has 42 heavy (non-hydrogen) atoms. The van der Waals surface area contributed by atoms with Crippen LogP contribution in [0.3, 0.4) is 0 Å². The summed E-state index contributed by atoms with van der Waals surface area (Å²) in [5, 5.41) is 0.259. The van der Waals surface area contributed by atoms with Gasteiger partial charge in [-0.25, -0.2) is 15.6 Å². The number of nitrogen functional groups attached to an aromatic ring is 1. The molecular weight excluding hydrogens is 554 g/mol. The normalized spacial score (nSPS) is 16.5. The van der Waals surface area contributed by atoms with Crippen LogP contribution in [-0.2, 0) is 11.3 Å². The van der Waals surface area contributed by atoms with Crippen LogP contribution in [-0.4, -0.2) is 57.4 Å². The number of pyridine rings is 1. The lowest BCUT2D eigenvalue weighted by Crippen LogP contribution is -2.44. The number of nitrogens with two attached hydrogens (primary N) is 1. The van der Waals surface area contributed by atoms with Crippen molar-refractivity contribution in [3.63, 3.8) is 0 Å². The van der Waals surface area contributed by atoms with Gasteiger partial charge in [-0.15, -0.1) is 11.3 Å². The number of thiazole rings is 1. The first-order chi connectivity index (χ1) is 20.5. The Morgan fingerprint density at radius 2 is 1.76 bits per heavy atom. The van der Waals surface area contributed by atoms with Crippen LogP contribution in [0, 0.1) is 5.41 Å². The predicted molar refractivity (Wildman–Crippen MR) is 160 cm³/mol. The van der Waals surface area contributed by atoms with E-state index in [1.54, 1.807) is 4.90 Å². The minimum atomic E-state index is -0.646. The quantitative estimate of drug-likeness (QED) is 0.186. The first-order valence-electron chi connectivity index (χ1n) is 13.9. The summed E-state index contributed by atoms with van der Waals surface area (Å²) in [6.45, 7) is 3.09. The van der Waals surface area contributed by atoms with Crippen LogP contribution in [0.25, 0.3) is 26.1 Å². The minimum absolute atomic E-state index is 0.0169. The molecule has 214 valence electrons. The number of piperidine rings is 1. The van der Waals surface area contributed by atoms with E-state index in [1.165, 1.54) is 17.5 Å². The molecule has 2 aliphatic rings.